The van der Waals surface area contributed by atoms with E-state index in [2.05, 4.69) is 28.1 Å². The molecule has 5 heteroatoms. The molecule has 22 heavy (non-hydrogen) atoms. The first-order valence-corrected chi connectivity index (χ1v) is 7.60. The standard InChI is InChI=1S/C17H23N3O.ClH/c1-21-16-6-7-20(15(9-16)10-18)12-13-8-14-4-2-3-5-17(14)19-11-13;/h2-5,8,11,15-16H,6-7,9-10,12,18H2,1H3;1H. The van der Waals surface area contributed by atoms with Crippen LogP contribution >= 0.6 is 12.4 Å². The highest BCUT2D eigenvalue weighted by Crippen LogP contribution is 2.22. The Labute approximate surface area is 138 Å². The van der Waals surface area contributed by atoms with Crippen molar-refractivity contribution >= 4 is 23.3 Å². The third kappa shape index (κ3) is 3.76. The van der Waals surface area contributed by atoms with Crippen LogP contribution in [0.2, 0.25) is 0 Å². The first kappa shape index (κ1) is 17.2. The van der Waals surface area contributed by atoms with Gasteiger partial charge in [0.25, 0.3) is 0 Å². The first-order chi connectivity index (χ1) is 10.3. The van der Waals surface area contributed by atoms with Gasteiger partial charge in [-0.15, -0.1) is 12.4 Å². The zero-order chi connectivity index (χ0) is 14.7. The molecular formula is C17H24ClN3O. The van der Waals surface area contributed by atoms with Crippen molar-refractivity contribution in [3.8, 4) is 0 Å². The van der Waals surface area contributed by atoms with Gasteiger partial charge >= 0.3 is 0 Å². The molecule has 1 aromatic heterocycles. The van der Waals surface area contributed by atoms with E-state index in [4.69, 9.17) is 10.5 Å². The van der Waals surface area contributed by atoms with E-state index >= 15 is 0 Å². The maximum atomic E-state index is 5.94. The van der Waals surface area contributed by atoms with Crippen molar-refractivity contribution in [2.24, 2.45) is 5.73 Å². The molecule has 1 aliphatic rings. The fourth-order valence-corrected chi connectivity index (χ4v) is 3.17. The zero-order valence-corrected chi connectivity index (χ0v) is 13.8. The minimum absolute atomic E-state index is 0. The van der Waals surface area contributed by atoms with Gasteiger partial charge in [-0.2, -0.15) is 0 Å². The van der Waals surface area contributed by atoms with Crippen molar-refractivity contribution in [1.29, 1.82) is 0 Å². The van der Waals surface area contributed by atoms with E-state index in [0.717, 1.165) is 31.4 Å². The number of nitrogens with zero attached hydrogens (tertiary/aromatic N) is 2. The molecule has 0 aliphatic carbocycles. The Balaban J connectivity index is 0.00000176. The number of hydrogen-bond acceptors (Lipinski definition) is 4. The van der Waals surface area contributed by atoms with Crippen LogP contribution in [0, 0.1) is 0 Å². The number of halogens is 1. The molecule has 120 valence electrons. The summed E-state index contributed by atoms with van der Waals surface area (Å²) in [4.78, 5) is 7.01. The molecule has 2 atom stereocenters. The number of para-hydroxylation sites is 1. The summed E-state index contributed by atoms with van der Waals surface area (Å²) in [6.45, 7) is 2.63. The van der Waals surface area contributed by atoms with Crippen molar-refractivity contribution in [2.45, 2.75) is 31.5 Å². The Hall–Kier alpha value is -1.20. The third-order valence-corrected chi connectivity index (χ3v) is 4.43. The molecular weight excluding hydrogens is 298 g/mol. The van der Waals surface area contributed by atoms with E-state index in [-0.39, 0.29) is 12.4 Å². The predicted octanol–water partition coefficient (Wildman–Crippen LogP) is 2.59. The quantitative estimate of drug-likeness (QED) is 0.940. The van der Waals surface area contributed by atoms with Crippen LogP contribution in [0.1, 0.15) is 18.4 Å². The van der Waals surface area contributed by atoms with Crippen molar-refractivity contribution in [3.63, 3.8) is 0 Å². The van der Waals surface area contributed by atoms with Crippen LogP contribution in [-0.2, 0) is 11.3 Å². The summed E-state index contributed by atoms with van der Waals surface area (Å²) in [5, 5.41) is 1.20. The van der Waals surface area contributed by atoms with E-state index in [1.807, 2.05) is 18.3 Å². The summed E-state index contributed by atoms with van der Waals surface area (Å²) in [6.07, 6.45) is 4.44. The Bertz CT molecular complexity index is 607. The number of ether oxygens (including phenoxy) is 1. The molecule has 1 fully saturated rings. The Morgan fingerprint density at radius 2 is 2.18 bits per heavy atom. The van der Waals surface area contributed by atoms with Crippen LogP contribution in [0.15, 0.2) is 36.5 Å². The van der Waals surface area contributed by atoms with Crippen LogP contribution in [0.3, 0.4) is 0 Å². The number of fused-ring (bicyclic) bond motifs is 1. The van der Waals surface area contributed by atoms with Crippen LogP contribution in [0.25, 0.3) is 10.9 Å². The number of benzene rings is 1. The molecule has 0 bridgehead atoms. The van der Waals surface area contributed by atoms with Gasteiger partial charge in [0.15, 0.2) is 0 Å². The lowest BCUT2D eigenvalue weighted by Crippen LogP contribution is -2.47. The van der Waals surface area contributed by atoms with Crippen molar-refractivity contribution < 1.29 is 4.74 Å². The lowest BCUT2D eigenvalue weighted by atomic mass is 9.98. The minimum Gasteiger partial charge on any atom is -0.381 e. The second kappa shape index (κ2) is 7.88. The number of hydrogen-bond donors (Lipinski definition) is 1. The molecule has 1 aromatic carbocycles. The summed E-state index contributed by atoms with van der Waals surface area (Å²) in [5.41, 5.74) is 8.25. The fourth-order valence-electron chi connectivity index (χ4n) is 3.17. The first-order valence-electron chi connectivity index (χ1n) is 7.60. The molecule has 2 heterocycles. The van der Waals surface area contributed by atoms with E-state index in [9.17, 15) is 0 Å². The molecule has 1 saturated heterocycles. The third-order valence-electron chi connectivity index (χ3n) is 4.43. The van der Waals surface area contributed by atoms with Crippen LogP contribution in [0.5, 0.6) is 0 Å². The lowest BCUT2D eigenvalue weighted by Gasteiger charge is -2.38. The average molecular weight is 322 g/mol. The number of nitrogens with two attached hydrogens (primary N) is 1. The SMILES string of the molecule is COC1CCN(Cc2cnc3ccccc3c2)C(CN)C1.Cl. The number of pyridine rings is 1. The van der Waals surface area contributed by atoms with Crippen molar-refractivity contribution in [1.82, 2.24) is 9.88 Å². The van der Waals surface area contributed by atoms with Gasteiger partial charge in [0, 0.05) is 44.4 Å². The summed E-state index contributed by atoms with van der Waals surface area (Å²) in [6, 6.07) is 10.9. The summed E-state index contributed by atoms with van der Waals surface area (Å²) < 4.78 is 5.48. The highest BCUT2D eigenvalue weighted by atomic mass is 35.5. The van der Waals surface area contributed by atoms with Gasteiger partial charge in [-0.3, -0.25) is 9.88 Å². The molecule has 2 N–H and O–H groups in total. The molecule has 4 nitrogen and oxygen atoms in total. The molecule has 0 saturated carbocycles. The number of aromatic nitrogens is 1. The molecule has 0 radical (unpaired) electrons. The van der Waals surface area contributed by atoms with Gasteiger partial charge in [-0.25, -0.2) is 0 Å². The normalized spacial score (nSPS) is 22.5. The smallest absolute Gasteiger partial charge is 0.0702 e. The van der Waals surface area contributed by atoms with Gasteiger partial charge in [0.1, 0.15) is 0 Å². The van der Waals surface area contributed by atoms with Crippen molar-refractivity contribution in [3.05, 3.63) is 42.1 Å². The van der Waals surface area contributed by atoms with Gasteiger partial charge < -0.3 is 10.5 Å². The van der Waals surface area contributed by atoms with E-state index in [1.165, 1.54) is 10.9 Å². The Morgan fingerprint density at radius 3 is 2.95 bits per heavy atom. The summed E-state index contributed by atoms with van der Waals surface area (Å²) in [5.74, 6) is 0. The Kier molecular flexibility index (Phi) is 6.15. The predicted molar refractivity (Wildman–Crippen MR) is 92.3 cm³/mol. The van der Waals surface area contributed by atoms with Crippen LogP contribution < -0.4 is 5.73 Å². The van der Waals surface area contributed by atoms with Crippen molar-refractivity contribution in [2.75, 3.05) is 20.2 Å². The number of likely N-dealkylation sites (tertiary alicyclic amines) is 1. The van der Waals surface area contributed by atoms with Gasteiger partial charge in [0.05, 0.1) is 11.6 Å². The molecule has 1 aliphatic heterocycles. The van der Waals surface area contributed by atoms with E-state index in [1.54, 1.807) is 7.11 Å². The molecule has 0 spiro atoms. The minimum atomic E-state index is 0. The average Bonchev–Trinajstić information content (AvgIpc) is 2.55. The second-order valence-electron chi connectivity index (χ2n) is 5.78. The van der Waals surface area contributed by atoms with Crippen LogP contribution in [0.4, 0.5) is 0 Å². The van der Waals surface area contributed by atoms with Gasteiger partial charge in [-0.05, 0) is 30.5 Å². The molecule has 2 aromatic rings. The highest BCUT2D eigenvalue weighted by Gasteiger charge is 2.27. The van der Waals surface area contributed by atoms with E-state index in [0.29, 0.717) is 18.7 Å². The molecule has 2 unspecified atom stereocenters. The number of rotatable bonds is 4. The molecule has 0 amide bonds. The summed E-state index contributed by atoms with van der Waals surface area (Å²) in [7, 11) is 1.79. The second-order valence-corrected chi connectivity index (χ2v) is 5.78. The number of piperidine rings is 1. The summed E-state index contributed by atoms with van der Waals surface area (Å²) >= 11 is 0. The van der Waals surface area contributed by atoms with E-state index < -0.39 is 0 Å². The monoisotopic (exact) mass is 321 g/mol. The maximum absolute atomic E-state index is 5.94. The zero-order valence-electron chi connectivity index (χ0n) is 12.9. The largest absolute Gasteiger partial charge is 0.381 e. The molecule has 3 rings (SSSR count). The Morgan fingerprint density at radius 1 is 1.36 bits per heavy atom. The highest BCUT2D eigenvalue weighted by molar-refractivity contribution is 5.85. The topological polar surface area (TPSA) is 51.4 Å². The fraction of sp³-hybridized carbons (Fsp3) is 0.471. The maximum Gasteiger partial charge on any atom is 0.0702 e. The number of methoxy groups -OCH3 is 1. The van der Waals surface area contributed by atoms with Gasteiger partial charge in [-0.1, -0.05) is 18.2 Å². The van der Waals surface area contributed by atoms with Gasteiger partial charge in [0.2, 0.25) is 0 Å². The lowest BCUT2D eigenvalue weighted by molar-refractivity contribution is 0.0102. The van der Waals surface area contributed by atoms with Crippen LogP contribution in [-0.4, -0.2) is 42.2 Å².